The molecule has 1 aliphatic heterocycles. The number of amides is 1. The Morgan fingerprint density at radius 1 is 1.03 bits per heavy atom. The fourth-order valence-electron chi connectivity index (χ4n) is 3.43. The highest BCUT2D eigenvalue weighted by molar-refractivity contribution is 8.27. The molecule has 0 radical (unpaired) electrons. The van der Waals surface area contributed by atoms with Gasteiger partial charge in [0, 0.05) is 6.07 Å². The molecule has 0 unspecified atom stereocenters. The second-order valence-corrected chi connectivity index (χ2v) is 9.48. The summed E-state index contributed by atoms with van der Waals surface area (Å²) in [4.78, 5) is 25.2. The van der Waals surface area contributed by atoms with E-state index in [1.54, 1.807) is 24.3 Å². The van der Waals surface area contributed by atoms with Gasteiger partial charge in [0.15, 0.2) is 15.8 Å². The van der Waals surface area contributed by atoms with Crippen LogP contribution in [-0.4, -0.2) is 22.3 Å². The lowest BCUT2D eigenvalue weighted by Crippen LogP contribution is -2.27. The van der Waals surface area contributed by atoms with Crippen molar-refractivity contribution in [1.82, 2.24) is 0 Å². The zero-order valence-electron chi connectivity index (χ0n) is 19.2. The number of nitro benzene ring substituents is 1. The Labute approximate surface area is 218 Å². The summed E-state index contributed by atoms with van der Waals surface area (Å²) in [5.41, 5.74) is 0.227. The summed E-state index contributed by atoms with van der Waals surface area (Å²) in [6, 6.07) is 13.9. The number of hydrogen-bond acceptors (Lipinski definition) is 7. The third-order valence-electron chi connectivity index (χ3n) is 5.27. The average Bonchev–Trinajstić information content (AvgIpc) is 3.12. The number of carbonyl (C=O) groups excluding carboxylic acids is 1. The second kappa shape index (κ2) is 10.2. The van der Waals surface area contributed by atoms with Crippen LogP contribution in [0.25, 0.3) is 6.08 Å². The van der Waals surface area contributed by atoms with Crippen LogP contribution in [0, 0.1) is 17.0 Å². The van der Waals surface area contributed by atoms with E-state index in [0.29, 0.717) is 32.6 Å². The number of carbonyl (C=O) groups is 1. The van der Waals surface area contributed by atoms with E-state index < -0.39 is 22.4 Å². The van der Waals surface area contributed by atoms with Crippen LogP contribution < -0.4 is 14.4 Å². The summed E-state index contributed by atoms with van der Waals surface area (Å²) in [5, 5.41) is 11.4. The molecule has 0 N–H and O–H groups in total. The maximum absolute atomic E-state index is 13.0. The lowest BCUT2D eigenvalue weighted by Gasteiger charge is -2.14. The number of benzene rings is 3. The van der Waals surface area contributed by atoms with Crippen molar-refractivity contribution in [2.24, 2.45) is 0 Å². The van der Waals surface area contributed by atoms with Gasteiger partial charge in [-0.05, 0) is 55.0 Å². The molecule has 12 heteroatoms. The summed E-state index contributed by atoms with van der Waals surface area (Å²) in [6.07, 6.45) is -3.14. The second-order valence-electron chi connectivity index (χ2n) is 7.80. The number of rotatable bonds is 6. The molecule has 3 aromatic carbocycles. The maximum atomic E-state index is 13.0. The van der Waals surface area contributed by atoms with Crippen molar-refractivity contribution < 1.29 is 32.4 Å². The molecule has 0 aliphatic carbocycles. The molecule has 0 spiro atoms. The molecule has 37 heavy (non-hydrogen) atoms. The van der Waals surface area contributed by atoms with Crippen LogP contribution in [0.2, 0.25) is 0 Å². The van der Waals surface area contributed by atoms with Crippen LogP contribution in [0.15, 0.2) is 65.6 Å². The Bertz CT molecular complexity index is 1440. The lowest BCUT2D eigenvalue weighted by atomic mass is 10.1. The third kappa shape index (κ3) is 5.59. The Morgan fingerprint density at radius 3 is 2.32 bits per heavy atom. The van der Waals surface area contributed by atoms with Crippen molar-refractivity contribution in [3.8, 4) is 17.2 Å². The topological polar surface area (TPSA) is 81.9 Å². The predicted octanol–water partition coefficient (Wildman–Crippen LogP) is 7.13. The first kappa shape index (κ1) is 26.2. The standard InChI is InChI=1S/C25H17F3N2O5S2/c1-14-3-7-17(8-4-14)29-23(31)22(37-24(29)36)12-15-5-9-20(21(11-15)34-2)35-19-10-6-16(25(26,27)28)13-18(19)30(32)33/h3-13H,1-2H3/b22-12-. The van der Waals surface area contributed by atoms with Gasteiger partial charge in [0.05, 0.1) is 28.2 Å². The predicted molar refractivity (Wildman–Crippen MR) is 138 cm³/mol. The maximum Gasteiger partial charge on any atom is 0.416 e. The van der Waals surface area contributed by atoms with Crippen molar-refractivity contribution in [3.63, 3.8) is 0 Å². The first-order valence-electron chi connectivity index (χ1n) is 10.5. The summed E-state index contributed by atoms with van der Waals surface area (Å²) >= 11 is 6.52. The number of ether oxygens (including phenoxy) is 2. The number of halogens is 3. The monoisotopic (exact) mass is 546 g/mol. The van der Waals surface area contributed by atoms with Crippen molar-refractivity contribution >= 4 is 51.7 Å². The van der Waals surface area contributed by atoms with Crippen LogP contribution >= 0.6 is 24.0 Å². The largest absolute Gasteiger partial charge is 0.493 e. The Balaban J connectivity index is 1.61. The van der Waals surface area contributed by atoms with Gasteiger partial charge in [-0.25, -0.2) is 0 Å². The quantitative estimate of drug-likeness (QED) is 0.141. The van der Waals surface area contributed by atoms with Crippen molar-refractivity contribution in [2.75, 3.05) is 12.0 Å². The minimum Gasteiger partial charge on any atom is -0.493 e. The van der Waals surface area contributed by atoms with Gasteiger partial charge in [-0.3, -0.25) is 19.8 Å². The fraction of sp³-hybridized carbons (Fsp3) is 0.120. The number of alkyl halides is 3. The number of aryl methyl sites for hydroxylation is 1. The van der Waals surface area contributed by atoms with Crippen LogP contribution in [-0.2, 0) is 11.0 Å². The van der Waals surface area contributed by atoms with Gasteiger partial charge in [-0.2, -0.15) is 13.2 Å². The number of nitro groups is 1. The van der Waals surface area contributed by atoms with E-state index in [4.69, 9.17) is 21.7 Å². The number of hydrogen-bond donors (Lipinski definition) is 0. The zero-order chi connectivity index (χ0) is 26.9. The van der Waals surface area contributed by atoms with Crippen molar-refractivity contribution in [2.45, 2.75) is 13.1 Å². The Kier molecular flexibility index (Phi) is 7.23. The van der Waals surface area contributed by atoms with Crippen LogP contribution in [0.4, 0.5) is 24.5 Å². The summed E-state index contributed by atoms with van der Waals surface area (Å²) in [7, 11) is 1.34. The van der Waals surface area contributed by atoms with E-state index >= 15 is 0 Å². The molecular weight excluding hydrogens is 529 g/mol. The number of methoxy groups -OCH3 is 1. The van der Waals surface area contributed by atoms with Gasteiger partial charge >= 0.3 is 11.9 Å². The molecule has 4 rings (SSSR count). The summed E-state index contributed by atoms with van der Waals surface area (Å²) < 4.78 is 50.2. The minimum absolute atomic E-state index is 0.0368. The van der Waals surface area contributed by atoms with Crippen LogP contribution in [0.5, 0.6) is 17.2 Å². The van der Waals surface area contributed by atoms with E-state index in [-0.39, 0.29) is 23.2 Å². The molecule has 190 valence electrons. The molecule has 0 atom stereocenters. The smallest absolute Gasteiger partial charge is 0.416 e. The van der Waals surface area contributed by atoms with Crippen molar-refractivity contribution in [1.29, 1.82) is 0 Å². The average molecular weight is 547 g/mol. The SMILES string of the molecule is COc1cc(/C=C2\SC(=S)N(c3ccc(C)cc3)C2=O)ccc1Oc1ccc(C(F)(F)F)cc1[N+](=O)[O-]. The minimum atomic E-state index is -4.75. The molecule has 1 aliphatic rings. The van der Waals surface area contributed by atoms with Crippen LogP contribution in [0.1, 0.15) is 16.7 Å². The molecule has 1 fully saturated rings. The molecule has 3 aromatic rings. The highest BCUT2D eigenvalue weighted by Gasteiger charge is 2.34. The van der Waals surface area contributed by atoms with E-state index in [1.807, 2.05) is 19.1 Å². The number of thioether (sulfide) groups is 1. The van der Waals surface area contributed by atoms with Crippen molar-refractivity contribution in [3.05, 3.63) is 92.4 Å². The molecule has 0 aromatic heterocycles. The Hall–Kier alpha value is -3.90. The van der Waals surface area contributed by atoms with E-state index in [1.165, 1.54) is 24.1 Å². The number of anilines is 1. The van der Waals surface area contributed by atoms with E-state index in [0.717, 1.165) is 23.4 Å². The Morgan fingerprint density at radius 2 is 1.70 bits per heavy atom. The molecule has 0 saturated carbocycles. The van der Waals surface area contributed by atoms with Gasteiger partial charge < -0.3 is 9.47 Å². The normalized spacial score (nSPS) is 14.8. The van der Waals surface area contributed by atoms with Gasteiger partial charge in [0.2, 0.25) is 5.75 Å². The number of thiocarbonyl (C=S) groups is 1. The molecule has 1 amide bonds. The summed E-state index contributed by atoms with van der Waals surface area (Å²) in [5.74, 6) is -0.492. The van der Waals surface area contributed by atoms with Gasteiger partial charge in [0.25, 0.3) is 5.91 Å². The summed E-state index contributed by atoms with van der Waals surface area (Å²) in [6.45, 7) is 1.94. The van der Waals surface area contributed by atoms with E-state index in [2.05, 4.69) is 0 Å². The highest BCUT2D eigenvalue weighted by Crippen LogP contribution is 2.41. The number of nitrogens with zero attached hydrogens (tertiary/aromatic N) is 2. The fourth-order valence-corrected chi connectivity index (χ4v) is 4.73. The van der Waals surface area contributed by atoms with Gasteiger partial charge in [-0.1, -0.05) is 47.7 Å². The molecule has 7 nitrogen and oxygen atoms in total. The molecule has 0 bridgehead atoms. The lowest BCUT2D eigenvalue weighted by molar-refractivity contribution is -0.385. The molecular formula is C25H17F3N2O5S2. The third-order valence-corrected chi connectivity index (χ3v) is 6.58. The first-order chi connectivity index (χ1) is 17.5. The first-order valence-corrected chi connectivity index (χ1v) is 11.8. The molecule has 1 saturated heterocycles. The highest BCUT2D eigenvalue weighted by atomic mass is 32.2. The van der Waals surface area contributed by atoms with Gasteiger partial charge in [0.1, 0.15) is 0 Å². The van der Waals surface area contributed by atoms with E-state index in [9.17, 15) is 28.1 Å². The van der Waals surface area contributed by atoms with Gasteiger partial charge in [-0.15, -0.1) is 0 Å². The molecule has 1 heterocycles. The van der Waals surface area contributed by atoms with Crippen LogP contribution in [0.3, 0.4) is 0 Å². The zero-order valence-corrected chi connectivity index (χ0v) is 20.9.